The zero-order chi connectivity index (χ0) is 14.5. The third kappa shape index (κ3) is 3.88. The van der Waals surface area contributed by atoms with Crippen LogP contribution in [0.3, 0.4) is 0 Å². The molecule has 0 amide bonds. The van der Waals surface area contributed by atoms with Crippen LogP contribution in [-0.4, -0.2) is 19.3 Å². The second-order valence-electron chi connectivity index (χ2n) is 5.41. The Morgan fingerprint density at radius 2 is 2.05 bits per heavy atom. The SMILES string of the molecule is Cc1cc(C)n(C(S)CCCCCc2nccn2C)n1. The topological polar surface area (TPSA) is 35.6 Å². The van der Waals surface area contributed by atoms with Crippen molar-refractivity contribution in [1.29, 1.82) is 0 Å². The van der Waals surface area contributed by atoms with Crippen LogP contribution in [0.5, 0.6) is 0 Å². The van der Waals surface area contributed by atoms with Gasteiger partial charge in [0.2, 0.25) is 0 Å². The summed E-state index contributed by atoms with van der Waals surface area (Å²) in [5, 5.41) is 4.68. The second kappa shape index (κ2) is 6.97. The number of rotatable bonds is 7. The number of thiol groups is 1. The molecule has 0 fully saturated rings. The zero-order valence-corrected chi connectivity index (χ0v) is 13.5. The molecule has 0 bridgehead atoms. The van der Waals surface area contributed by atoms with Crippen molar-refractivity contribution in [1.82, 2.24) is 19.3 Å². The lowest BCUT2D eigenvalue weighted by atomic mass is 10.1. The average molecular weight is 292 g/mol. The van der Waals surface area contributed by atoms with E-state index in [0.717, 1.165) is 18.5 Å². The summed E-state index contributed by atoms with van der Waals surface area (Å²) in [5.41, 5.74) is 2.26. The summed E-state index contributed by atoms with van der Waals surface area (Å²) in [6, 6.07) is 2.10. The smallest absolute Gasteiger partial charge is 0.108 e. The molecule has 110 valence electrons. The minimum atomic E-state index is 0.192. The molecular weight excluding hydrogens is 268 g/mol. The summed E-state index contributed by atoms with van der Waals surface area (Å²) in [6.45, 7) is 4.11. The van der Waals surface area contributed by atoms with Gasteiger partial charge in [0.05, 0.1) is 11.1 Å². The molecule has 0 aliphatic rings. The molecule has 0 aliphatic heterocycles. The third-order valence-electron chi connectivity index (χ3n) is 3.61. The number of aromatic nitrogens is 4. The number of hydrogen-bond donors (Lipinski definition) is 1. The fourth-order valence-electron chi connectivity index (χ4n) is 2.49. The molecule has 1 atom stereocenters. The molecule has 0 N–H and O–H groups in total. The first-order chi connectivity index (χ1) is 9.58. The molecule has 2 aromatic heterocycles. The summed E-state index contributed by atoms with van der Waals surface area (Å²) in [4.78, 5) is 4.34. The number of nitrogens with zero attached hydrogens (tertiary/aromatic N) is 4. The third-order valence-corrected chi connectivity index (χ3v) is 4.09. The van der Waals surface area contributed by atoms with Crippen molar-refractivity contribution in [2.75, 3.05) is 0 Å². The van der Waals surface area contributed by atoms with E-state index in [2.05, 4.69) is 47.3 Å². The van der Waals surface area contributed by atoms with E-state index >= 15 is 0 Å². The summed E-state index contributed by atoms with van der Waals surface area (Å²) >= 11 is 4.66. The van der Waals surface area contributed by atoms with Crippen molar-refractivity contribution >= 4 is 12.6 Å². The molecule has 1 unspecified atom stereocenters. The molecule has 4 nitrogen and oxygen atoms in total. The monoisotopic (exact) mass is 292 g/mol. The van der Waals surface area contributed by atoms with E-state index < -0.39 is 0 Å². The van der Waals surface area contributed by atoms with E-state index in [1.165, 1.54) is 30.8 Å². The van der Waals surface area contributed by atoms with Gasteiger partial charge in [0, 0.05) is 31.6 Å². The number of hydrogen-bond acceptors (Lipinski definition) is 3. The van der Waals surface area contributed by atoms with Gasteiger partial charge in [-0.2, -0.15) is 17.7 Å². The van der Waals surface area contributed by atoms with Crippen LogP contribution in [0.15, 0.2) is 18.5 Å². The van der Waals surface area contributed by atoms with Crippen LogP contribution in [0, 0.1) is 13.8 Å². The second-order valence-corrected chi connectivity index (χ2v) is 6.00. The first-order valence-electron chi connectivity index (χ1n) is 7.25. The Morgan fingerprint density at radius 3 is 2.65 bits per heavy atom. The molecule has 0 saturated carbocycles. The van der Waals surface area contributed by atoms with Crippen LogP contribution >= 0.6 is 12.6 Å². The Hall–Kier alpha value is -1.23. The fourth-order valence-corrected chi connectivity index (χ4v) is 2.91. The van der Waals surface area contributed by atoms with Crippen LogP contribution in [0.25, 0.3) is 0 Å². The fraction of sp³-hybridized carbons (Fsp3) is 0.600. The number of imidazole rings is 1. The first kappa shape index (κ1) is 15.2. The highest BCUT2D eigenvalue weighted by atomic mass is 32.1. The van der Waals surface area contributed by atoms with Crippen LogP contribution in [-0.2, 0) is 13.5 Å². The standard InChI is InChI=1S/C15H24N4S/c1-12-11-13(2)19(17-12)15(20)8-6-4-5-7-14-16-9-10-18(14)3/h9-11,15,20H,4-8H2,1-3H3. The van der Waals surface area contributed by atoms with Crippen molar-refractivity contribution in [3.05, 3.63) is 35.7 Å². The quantitative estimate of drug-likeness (QED) is 0.626. The Bertz CT molecular complexity index is 544. The predicted octanol–water partition coefficient (Wildman–Crippen LogP) is 3.46. The number of unbranched alkanes of at least 4 members (excludes halogenated alkanes) is 2. The Balaban J connectivity index is 1.68. The van der Waals surface area contributed by atoms with E-state index in [1.807, 2.05) is 24.0 Å². The molecule has 2 aromatic rings. The summed E-state index contributed by atoms with van der Waals surface area (Å²) in [6.07, 6.45) is 9.55. The van der Waals surface area contributed by atoms with Crippen LogP contribution in [0.2, 0.25) is 0 Å². The van der Waals surface area contributed by atoms with Crippen LogP contribution in [0.1, 0.15) is 48.3 Å². The van der Waals surface area contributed by atoms with Gasteiger partial charge in [0.15, 0.2) is 0 Å². The molecule has 2 heterocycles. The van der Waals surface area contributed by atoms with Gasteiger partial charge in [0.25, 0.3) is 0 Å². The first-order valence-corrected chi connectivity index (χ1v) is 7.76. The molecule has 20 heavy (non-hydrogen) atoms. The molecule has 0 saturated heterocycles. The van der Waals surface area contributed by atoms with E-state index in [0.29, 0.717) is 0 Å². The molecule has 2 rings (SSSR count). The van der Waals surface area contributed by atoms with Crippen LogP contribution in [0.4, 0.5) is 0 Å². The maximum absolute atomic E-state index is 4.66. The van der Waals surface area contributed by atoms with Gasteiger partial charge in [-0.3, -0.25) is 4.68 Å². The minimum absolute atomic E-state index is 0.192. The summed E-state index contributed by atoms with van der Waals surface area (Å²) < 4.78 is 4.12. The zero-order valence-electron chi connectivity index (χ0n) is 12.6. The van der Waals surface area contributed by atoms with Gasteiger partial charge in [-0.1, -0.05) is 12.8 Å². The van der Waals surface area contributed by atoms with E-state index in [1.54, 1.807) is 0 Å². The van der Waals surface area contributed by atoms with Gasteiger partial charge in [0.1, 0.15) is 5.82 Å². The average Bonchev–Trinajstić information content (AvgIpc) is 2.95. The molecule has 0 spiro atoms. The Morgan fingerprint density at radius 1 is 1.25 bits per heavy atom. The Labute approximate surface area is 126 Å². The molecule has 0 radical (unpaired) electrons. The van der Waals surface area contributed by atoms with Gasteiger partial charge in [-0.05, 0) is 32.8 Å². The predicted molar refractivity (Wildman–Crippen MR) is 85.1 cm³/mol. The van der Waals surface area contributed by atoms with Crippen LogP contribution < -0.4 is 0 Å². The molecule has 0 aliphatic carbocycles. The lowest BCUT2D eigenvalue weighted by Crippen LogP contribution is -2.07. The maximum Gasteiger partial charge on any atom is 0.108 e. The van der Waals surface area contributed by atoms with Gasteiger partial charge >= 0.3 is 0 Å². The Kier molecular flexibility index (Phi) is 5.29. The summed E-state index contributed by atoms with van der Waals surface area (Å²) in [5.74, 6) is 1.17. The van der Waals surface area contributed by atoms with E-state index in [9.17, 15) is 0 Å². The largest absolute Gasteiger partial charge is 0.338 e. The highest BCUT2D eigenvalue weighted by Gasteiger charge is 2.09. The highest BCUT2D eigenvalue weighted by Crippen LogP contribution is 2.21. The lowest BCUT2D eigenvalue weighted by Gasteiger charge is -2.13. The maximum atomic E-state index is 4.66. The van der Waals surface area contributed by atoms with Gasteiger partial charge in [-0.25, -0.2) is 4.98 Å². The van der Waals surface area contributed by atoms with Gasteiger partial charge < -0.3 is 4.57 Å². The highest BCUT2D eigenvalue weighted by molar-refractivity contribution is 7.80. The lowest BCUT2D eigenvalue weighted by molar-refractivity contribution is 0.512. The van der Waals surface area contributed by atoms with E-state index in [-0.39, 0.29) is 5.37 Å². The summed E-state index contributed by atoms with van der Waals surface area (Å²) in [7, 11) is 2.05. The van der Waals surface area contributed by atoms with Crippen molar-refractivity contribution in [2.45, 2.75) is 51.3 Å². The van der Waals surface area contributed by atoms with Gasteiger partial charge in [-0.15, -0.1) is 0 Å². The minimum Gasteiger partial charge on any atom is -0.338 e. The number of aryl methyl sites for hydroxylation is 4. The van der Waals surface area contributed by atoms with E-state index in [4.69, 9.17) is 0 Å². The normalized spacial score (nSPS) is 12.8. The molecule has 5 heteroatoms. The molecular formula is C15H24N4S. The van der Waals surface area contributed by atoms with Crippen molar-refractivity contribution in [3.8, 4) is 0 Å². The van der Waals surface area contributed by atoms with Crippen molar-refractivity contribution in [2.24, 2.45) is 7.05 Å². The van der Waals surface area contributed by atoms with Crippen molar-refractivity contribution < 1.29 is 0 Å². The van der Waals surface area contributed by atoms with Crippen molar-refractivity contribution in [3.63, 3.8) is 0 Å². The molecule has 0 aromatic carbocycles.